The number of aromatic amines is 1. The predicted octanol–water partition coefficient (Wildman–Crippen LogP) is 0.890. The van der Waals surface area contributed by atoms with E-state index in [-0.39, 0.29) is 11.5 Å². The topological polar surface area (TPSA) is 126 Å². The molecule has 26 heavy (non-hydrogen) atoms. The minimum absolute atomic E-state index is 0.173. The molecule has 9 heteroatoms. The molecule has 2 N–H and O–H groups in total. The van der Waals surface area contributed by atoms with Gasteiger partial charge in [0.25, 0.3) is 5.91 Å². The van der Waals surface area contributed by atoms with Crippen molar-refractivity contribution in [2.45, 2.75) is 40.2 Å². The van der Waals surface area contributed by atoms with Gasteiger partial charge >= 0.3 is 12.0 Å². The summed E-state index contributed by atoms with van der Waals surface area (Å²) >= 11 is 0. The maximum atomic E-state index is 12.2. The number of H-pyrrole nitrogens is 1. The molecule has 3 amide bonds. The molecular formula is C17H21N3O6. The molecule has 1 saturated heterocycles. The molecule has 1 aromatic heterocycles. The number of hydrogen-bond acceptors (Lipinski definition) is 6. The largest absolute Gasteiger partial charge is 0.456 e. The lowest BCUT2D eigenvalue weighted by molar-refractivity contribution is -0.146. The van der Waals surface area contributed by atoms with Crippen LogP contribution in [0.1, 0.15) is 52.9 Å². The van der Waals surface area contributed by atoms with Crippen molar-refractivity contribution in [1.82, 2.24) is 15.2 Å². The van der Waals surface area contributed by atoms with E-state index in [0.717, 1.165) is 4.90 Å². The molecule has 2 rings (SSSR count). The Hall–Kier alpha value is -2.97. The first kappa shape index (κ1) is 19.4. The zero-order valence-corrected chi connectivity index (χ0v) is 15.3. The van der Waals surface area contributed by atoms with Crippen LogP contribution in [0.4, 0.5) is 4.79 Å². The van der Waals surface area contributed by atoms with E-state index in [2.05, 4.69) is 10.3 Å². The molecule has 9 nitrogen and oxygen atoms in total. The van der Waals surface area contributed by atoms with Crippen LogP contribution in [0.5, 0.6) is 0 Å². The lowest BCUT2D eigenvalue weighted by Gasteiger charge is -2.15. The van der Waals surface area contributed by atoms with Gasteiger partial charge in [-0.25, -0.2) is 4.79 Å². The number of Topliss-reactive ketones (excluding diaryl/α,β-unsaturated/α-hetero) is 2. The average Bonchev–Trinajstić information content (AvgIpc) is 2.92. The number of carbonyl (C=O) groups is 5. The van der Waals surface area contributed by atoms with Crippen LogP contribution in [0.25, 0.3) is 0 Å². The number of nitrogens with one attached hydrogen (secondary N) is 2. The predicted molar refractivity (Wildman–Crippen MR) is 89.9 cm³/mol. The van der Waals surface area contributed by atoms with Crippen molar-refractivity contribution in [1.29, 1.82) is 0 Å². The molecule has 1 fully saturated rings. The summed E-state index contributed by atoms with van der Waals surface area (Å²) in [5.74, 6) is -2.11. The van der Waals surface area contributed by atoms with Crippen molar-refractivity contribution < 1.29 is 28.7 Å². The summed E-state index contributed by atoms with van der Waals surface area (Å²) in [4.78, 5) is 63.0. The second-order valence-electron chi connectivity index (χ2n) is 6.71. The Balaban J connectivity index is 1.99. The second kappa shape index (κ2) is 6.74. The Morgan fingerprint density at radius 1 is 1.15 bits per heavy atom. The first-order valence-electron chi connectivity index (χ1n) is 7.98. The number of carbonyl (C=O) groups excluding carboxylic acids is 5. The van der Waals surface area contributed by atoms with E-state index in [9.17, 15) is 24.0 Å². The third-order valence-corrected chi connectivity index (χ3v) is 4.16. The fourth-order valence-corrected chi connectivity index (χ4v) is 2.91. The van der Waals surface area contributed by atoms with Crippen LogP contribution in [-0.4, -0.2) is 58.0 Å². The minimum Gasteiger partial charge on any atom is -0.456 e. The molecule has 2 heterocycles. The summed E-state index contributed by atoms with van der Waals surface area (Å²) in [5, 5.41) is 2.44. The number of aryl methyl sites for hydroxylation is 1. The maximum Gasteiger partial charge on any atom is 0.326 e. The molecule has 0 saturated carbocycles. The Labute approximate surface area is 150 Å². The summed E-state index contributed by atoms with van der Waals surface area (Å²) in [7, 11) is 0. The lowest BCUT2D eigenvalue weighted by Crippen LogP contribution is -2.41. The summed E-state index contributed by atoms with van der Waals surface area (Å²) < 4.78 is 4.88. The van der Waals surface area contributed by atoms with Gasteiger partial charge in [0.15, 0.2) is 12.4 Å². The fourth-order valence-electron chi connectivity index (χ4n) is 2.91. The quantitative estimate of drug-likeness (QED) is 0.439. The second-order valence-corrected chi connectivity index (χ2v) is 6.71. The van der Waals surface area contributed by atoms with Crippen LogP contribution in [0.3, 0.4) is 0 Å². The molecule has 1 aliphatic heterocycles. The summed E-state index contributed by atoms with van der Waals surface area (Å²) in [6.07, 6.45) is 0. The molecule has 0 radical (unpaired) electrons. The smallest absolute Gasteiger partial charge is 0.326 e. The van der Waals surface area contributed by atoms with Gasteiger partial charge in [-0.15, -0.1) is 0 Å². The fraction of sp³-hybridized carbons (Fsp3) is 0.471. The minimum atomic E-state index is -1.09. The number of imide groups is 1. The third kappa shape index (κ3) is 3.51. The molecule has 0 atom stereocenters. The van der Waals surface area contributed by atoms with Crippen molar-refractivity contribution in [3.8, 4) is 0 Å². The molecule has 0 aliphatic carbocycles. The zero-order valence-electron chi connectivity index (χ0n) is 15.3. The van der Waals surface area contributed by atoms with E-state index < -0.39 is 42.4 Å². The Morgan fingerprint density at radius 2 is 1.77 bits per heavy atom. The normalized spacial score (nSPS) is 15.8. The van der Waals surface area contributed by atoms with Gasteiger partial charge in [-0.2, -0.15) is 0 Å². The van der Waals surface area contributed by atoms with Crippen LogP contribution in [0.15, 0.2) is 0 Å². The number of ether oxygens (including phenoxy) is 1. The molecule has 0 spiro atoms. The van der Waals surface area contributed by atoms with Crippen LogP contribution in [-0.2, 0) is 14.3 Å². The zero-order chi connectivity index (χ0) is 19.8. The van der Waals surface area contributed by atoms with Gasteiger partial charge in [-0.1, -0.05) is 0 Å². The monoisotopic (exact) mass is 363 g/mol. The molecule has 1 aliphatic rings. The van der Waals surface area contributed by atoms with E-state index in [0.29, 0.717) is 16.8 Å². The van der Waals surface area contributed by atoms with Gasteiger partial charge in [0.05, 0.1) is 5.69 Å². The average molecular weight is 363 g/mol. The highest BCUT2D eigenvalue weighted by Crippen LogP contribution is 2.19. The van der Waals surface area contributed by atoms with Gasteiger partial charge < -0.3 is 15.0 Å². The van der Waals surface area contributed by atoms with E-state index in [4.69, 9.17) is 4.74 Å². The number of urea groups is 1. The highest BCUT2D eigenvalue weighted by Gasteiger charge is 2.45. The van der Waals surface area contributed by atoms with E-state index in [1.165, 1.54) is 20.8 Å². The van der Waals surface area contributed by atoms with Gasteiger partial charge in [-0.05, 0) is 40.2 Å². The maximum absolute atomic E-state index is 12.2. The first-order chi connectivity index (χ1) is 12.0. The molecule has 1 aromatic rings. The number of esters is 1. The van der Waals surface area contributed by atoms with Crippen molar-refractivity contribution >= 4 is 29.5 Å². The van der Waals surface area contributed by atoms with Gasteiger partial charge in [0.1, 0.15) is 12.1 Å². The number of ketones is 2. The SMILES string of the molecule is CC(=O)c1c(C)[nH]c(C(=O)COC(=O)CN2C(=O)NC(C)(C)C2=O)c1C. The first-order valence-corrected chi connectivity index (χ1v) is 7.98. The molecule has 0 unspecified atom stereocenters. The van der Waals surface area contributed by atoms with Crippen molar-refractivity contribution in [2.24, 2.45) is 0 Å². The summed E-state index contributed by atoms with van der Waals surface area (Å²) in [6, 6.07) is -0.690. The Kier molecular flexibility index (Phi) is 5.02. The number of hydrogen-bond donors (Lipinski definition) is 2. The lowest BCUT2D eigenvalue weighted by atomic mass is 10.1. The van der Waals surface area contributed by atoms with E-state index in [1.807, 2.05) is 0 Å². The highest BCUT2D eigenvalue weighted by atomic mass is 16.5. The van der Waals surface area contributed by atoms with Crippen molar-refractivity contribution in [2.75, 3.05) is 13.2 Å². The molecular weight excluding hydrogens is 342 g/mol. The highest BCUT2D eigenvalue weighted by molar-refractivity contribution is 6.08. The van der Waals surface area contributed by atoms with Crippen LogP contribution in [0, 0.1) is 13.8 Å². The summed E-state index contributed by atoms with van der Waals surface area (Å²) in [6.45, 7) is 6.59. The number of aromatic nitrogens is 1. The summed E-state index contributed by atoms with van der Waals surface area (Å²) in [5.41, 5.74) is 0.589. The van der Waals surface area contributed by atoms with Crippen molar-refractivity contribution in [3.63, 3.8) is 0 Å². The Bertz CT molecular complexity index is 821. The Morgan fingerprint density at radius 3 is 2.23 bits per heavy atom. The van der Waals surface area contributed by atoms with Gasteiger partial charge in [0.2, 0.25) is 5.78 Å². The van der Waals surface area contributed by atoms with E-state index >= 15 is 0 Å². The van der Waals surface area contributed by atoms with Gasteiger partial charge in [-0.3, -0.25) is 24.1 Å². The van der Waals surface area contributed by atoms with Crippen LogP contribution >= 0.6 is 0 Å². The number of amides is 3. The van der Waals surface area contributed by atoms with E-state index in [1.54, 1.807) is 13.8 Å². The standard InChI is InChI=1S/C17H21N3O6/c1-8-13(10(3)21)9(2)18-14(8)11(22)7-26-12(23)6-20-15(24)17(4,5)19-16(20)25/h18H,6-7H2,1-5H3,(H,19,25). The number of rotatable bonds is 6. The van der Waals surface area contributed by atoms with Crippen LogP contribution < -0.4 is 5.32 Å². The van der Waals surface area contributed by atoms with Crippen LogP contribution in [0.2, 0.25) is 0 Å². The molecule has 140 valence electrons. The number of nitrogens with zero attached hydrogens (tertiary/aromatic N) is 1. The third-order valence-electron chi connectivity index (χ3n) is 4.16. The molecule has 0 bridgehead atoms. The van der Waals surface area contributed by atoms with Crippen molar-refractivity contribution in [3.05, 3.63) is 22.5 Å². The molecule has 0 aromatic carbocycles. The van der Waals surface area contributed by atoms with Gasteiger partial charge in [0, 0.05) is 11.3 Å².